The van der Waals surface area contributed by atoms with Crippen molar-refractivity contribution in [2.45, 2.75) is 13.3 Å². The Balaban J connectivity index is 1.88. The standard InChI is InChI=1S/C19H18N4O2/c1-14(12-21)13-22-19(24)23-16-4-8-18(9-5-16)25-17-6-2-15(3-7-17)10-11-20/h2-9,14H,10,13H2,1H3,(H2,22,23,24)/t14-/m1/s1. The van der Waals surface area contributed by atoms with E-state index in [0.29, 0.717) is 30.2 Å². The Morgan fingerprint density at radius 2 is 1.68 bits per heavy atom. The maximum Gasteiger partial charge on any atom is 0.319 e. The van der Waals surface area contributed by atoms with Crippen LogP contribution in [0.1, 0.15) is 12.5 Å². The van der Waals surface area contributed by atoms with Crippen LogP contribution in [0.5, 0.6) is 11.5 Å². The van der Waals surface area contributed by atoms with Gasteiger partial charge in [0.15, 0.2) is 0 Å². The highest BCUT2D eigenvalue weighted by Gasteiger charge is 2.05. The van der Waals surface area contributed by atoms with Crippen molar-refractivity contribution in [2.24, 2.45) is 5.92 Å². The summed E-state index contributed by atoms with van der Waals surface area (Å²) in [6.07, 6.45) is 0.371. The second kappa shape index (κ2) is 8.95. The number of nitrogens with zero attached hydrogens (tertiary/aromatic N) is 2. The van der Waals surface area contributed by atoms with Gasteiger partial charge in [-0.05, 0) is 48.9 Å². The van der Waals surface area contributed by atoms with Gasteiger partial charge in [-0.3, -0.25) is 0 Å². The van der Waals surface area contributed by atoms with Crippen molar-refractivity contribution in [3.05, 3.63) is 54.1 Å². The molecule has 0 unspecified atom stereocenters. The summed E-state index contributed by atoms with van der Waals surface area (Å²) in [7, 11) is 0. The average molecular weight is 334 g/mol. The first kappa shape index (κ1) is 17.8. The molecule has 0 fully saturated rings. The molecule has 0 aliphatic carbocycles. The van der Waals surface area contributed by atoms with Crippen LogP contribution in [0.25, 0.3) is 0 Å². The van der Waals surface area contributed by atoms with Crippen molar-refractivity contribution in [1.82, 2.24) is 5.32 Å². The lowest BCUT2D eigenvalue weighted by Crippen LogP contribution is -2.31. The molecule has 2 N–H and O–H groups in total. The molecular weight excluding hydrogens is 316 g/mol. The number of nitrogens with one attached hydrogen (secondary N) is 2. The minimum Gasteiger partial charge on any atom is -0.457 e. The Labute approximate surface area is 146 Å². The van der Waals surface area contributed by atoms with E-state index in [1.165, 1.54) is 0 Å². The molecule has 0 aliphatic rings. The maximum absolute atomic E-state index is 11.7. The lowest BCUT2D eigenvalue weighted by Gasteiger charge is -2.10. The predicted octanol–water partition coefficient (Wildman–Crippen LogP) is 3.83. The zero-order valence-corrected chi connectivity index (χ0v) is 13.8. The SMILES string of the molecule is C[C@H](C#N)CNC(=O)Nc1ccc(Oc2ccc(CC#N)cc2)cc1. The lowest BCUT2D eigenvalue weighted by atomic mass is 10.2. The maximum atomic E-state index is 11.7. The van der Waals surface area contributed by atoms with Crippen LogP contribution in [-0.4, -0.2) is 12.6 Å². The molecule has 1 atom stereocenters. The van der Waals surface area contributed by atoms with E-state index in [4.69, 9.17) is 15.3 Å². The monoisotopic (exact) mass is 334 g/mol. The second-order valence-corrected chi connectivity index (χ2v) is 5.47. The van der Waals surface area contributed by atoms with Crippen LogP contribution in [0.3, 0.4) is 0 Å². The summed E-state index contributed by atoms with van der Waals surface area (Å²) in [5.74, 6) is 1.07. The molecule has 0 saturated carbocycles. The van der Waals surface area contributed by atoms with Crippen LogP contribution in [0.2, 0.25) is 0 Å². The number of rotatable bonds is 6. The topological polar surface area (TPSA) is 97.9 Å². The number of carbonyl (C=O) groups is 1. The van der Waals surface area contributed by atoms with Gasteiger partial charge >= 0.3 is 6.03 Å². The van der Waals surface area contributed by atoms with Gasteiger partial charge in [0.1, 0.15) is 11.5 Å². The van der Waals surface area contributed by atoms with Gasteiger partial charge in [-0.15, -0.1) is 0 Å². The Bertz CT molecular complexity index is 786. The molecule has 0 spiro atoms. The number of carbonyl (C=O) groups excluding carboxylic acids is 1. The summed E-state index contributed by atoms with van der Waals surface area (Å²) in [5, 5.41) is 22.7. The Hall–Kier alpha value is -3.51. The summed E-state index contributed by atoms with van der Waals surface area (Å²) < 4.78 is 5.72. The highest BCUT2D eigenvalue weighted by Crippen LogP contribution is 2.23. The molecule has 6 heteroatoms. The van der Waals surface area contributed by atoms with Crippen molar-refractivity contribution in [3.8, 4) is 23.6 Å². The van der Waals surface area contributed by atoms with E-state index >= 15 is 0 Å². The van der Waals surface area contributed by atoms with E-state index in [1.54, 1.807) is 31.2 Å². The van der Waals surface area contributed by atoms with Crippen molar-refractivity contribution in [1.29, 1.82) is 10.5 Å². The lowest BCUT2D eigenvalue weighted by molar-refractivity contribution is 0.251. The normalized spacial score (nSPS) is 10.8. The zero-order valence-electron chi connectivity index (χ0n) is 13.8. The first-order valence-electron chi connectivity index (χ1n) is 7.79. The van der Waals surface area contributed by atoms with Gasteiger partial charge in [0.2, 0.25) is 0 Å². The number of ether oxygens (including phenoxy) is 1. The Kier molecular flexibility index (Phi) is 6.39. The first-order chi connectivity index (χ1) is 12.1. The number of nitriles is 2. The van der Waals surface area contributed by atoms with Gasteiger partial charge in [0.05, 0.1) is 24.5 Å². The van der Waals surface area contributed by atoms with E-state index in [2.05, 4.69) is 22.8 Å². The molecule has 0 aromatic heterocycles. The molecule has 0 heterocycles. The van der Waals surface area contributed by atoms with Gasteiger partial charge in [-0.25, -0.2) is 4.79 Å². The Morgan fingerprint density at radius 3 is 2.24 bits per heavy atom. The molecule has 6 nitrogen and oxygen atoms in total. The molecule has 2 aromatic carbocycles. The van der Waals surface area contributed by atoms with E-state index in [1.807, 2.05) is 24.3 Å². The van der Waals surface area contributed by atoms with Crippen molar-refractivity contribution in [3.63, 3.8) is 0 Å². The van der Waals surface area contributed by atoms with E-state index in [9.17, 15) is 4.79 Å². The zero-order chi connectivity index (χ0) is 18.1. The van der Waals surface area contributed by atoms with Crippen molar-refractivity contribution in [2.75, 3.05) is 11.9 Å². The molecule has 0 bridgehead atoms. The summed E-state index contributed by atoms with van der Waals surface area (Å²) >= 11 is 0. The van der Waals surface area contributed by atoms with Gasteiger partial charge in [-0.1, -0.05) is 12.1 Å². The number of hydrogen-bond donors (Lipinski definition) is 2. The van der Waals surface area contributed by atoms with Gasteiger partial charge in [0, 0.05) is 12.2 Å². The second-order valence-electron chi connectivity index (χ2n) is 5.47. The average Bonchev–Trinajstić information content (AvgIpc) is 2.63. The molecule has 0 radical (unpaired) electrons. The number of amides is 2. The fraction of sp³-hybridized carbons (Fsp3) is 0.211. The van der Waals surface area contributed by atoms with Crippen molar-refractivity contribution < 1.29 is 9.53 Å². The molecule has 2 rings (SSSR count). The smallest absolute Gasteiger partial charge is 0.319 e. The van der Waals surface area contributed by atoms with Gasteiger partial charge in [0.25, 0.3) is 0 Å². The minimum absolute atomic E-state index is 0.235. The van der Waals surface area contributed by atoms with Crippen LogP contribution >= 0.6 is 0 Å². The van der Waals surface area contributed by atoms with Crippen molar-refractivity contribution >= 4 is 11.7 Å². The highest BCUT2D eigenvalue weighted by atomic mass is 16.5. The summed E-state index contributed by atoms with van der Waals surface area (Å²) in [6, 6.07) is 18.1. The molecule has 0 aliphatic heterocycles. The number of urea groups is 1. The molecule has 25 heavy (non-hydrogen) atoms. The van der Waals surface area contributed by atoms with Gasteiger partial charge in [-0.2, -0.15) is 10.5 Å². The molecule has 2 aromatic rings. The molecule has 0 saturated heterocycles. The highest BCUT2D eigenvalue weighted by molar-refractivity contribution is 5.89. The van der Waals surface area contributed by atoms with Crippen LogP contribution < -0.4 is 15.4 Å². The van der Waals surface area contributed by atoms with Crippen LogP contribution in [-0.2, 0) is 6.42 Å². The van der Waals surface area contributed by atoms with Gasteiger partial charge < -0.3 is 15.4 Å². The third kappa shape index (κ3) is 5.89. The summed E-state index contributed by atoms with van der Waals surface area (Å²) in [6.45, 7) is 2.03. The van der Waals surface area contributed by atoms with E-state index in [0.717, 1.165) is 5.56 Å². The molecule has 2 amide bonds. The minimum atomic E-state index is -0.358. The third-order valence-electron chi connectivity index (χ3n) is 3.34. The van der Waals surface area contributed by atoms with Crippen LogP contribution in [0.4, 0.5) is 10.5 Å². The van der Waals surface area contributed by atoms with E-state index in [-0.39, 0.29) is 11.9 Å². The predicted molar refractivity (Wildman–Crippen MR) is 94.1 cm³/mol. The summed E-state index contributed by atoms with van der Waals surface area (Å²) in [4.78, 5) is 11.7. The van der Waals surface area contributed by atoms with Crippen LogP contribution in [0, 0.1) is 28.6 Å². The van der Waals surface area contributed by atoms with E-state index < -0.39 is 0 Å². The number of benzene rings is 2. The number of anilines is 1. The first-order valence-corrected chi connectivity index (χ1v) is 7.79. The third-order valence-corrected chi connectivity index (χ3v) is 3.34. The quantitative estimate of drug-likeness (QED) is 0.839. The Morgan fingerprint density at radius 1 is 1.08 bits per heavy atom. The summed E-state index contributed by atoms with van der Waals surface area (Å²) in [5.41, 5.74) is 1.56. The largest absolute Gasteiger partial charge is 0.457 e. The fourth-order valence-corrected chi connectivity index (χ4v) is 1.98. The molecule has 126 valence electrons. The fourth-order valence-electron chi connectivity index (χ4n) is 1.98. The molecular formula is C19H18N4O2. The number of hydrogen-bond acceptors (Lipinski definition) is 4. The van der Waals surface area contributed by atoms with Crippen LogP contribution in [0.15, 0.2) is 48.5 Å².